The Kier molecular flexibility index (Phi) is 14.9. The Balaban J connectivity index is 2.30. The Labute approximate surface area is 180 Å². The van der Waals surface area contributed by atoms with Crippen LogP contribution in [-0.2, 0) is 9.59 Å². The summed E-state index contributed by atoms with van der Waals surface area (Å²) in [5.41, 5.74) is 1.29. The van der Waals surface area contributed by atoms with Gasteiger partial charge in [0.2, 0.25) is 5.78 Å². The van der Waals surface area contributed by atoms with Crippen molar-refractivity contribution in [2.75, 3.05) is 6.54 Å². The zero-order valence-electron chi connectivity index (χ0n) is 19.6. The van der Waals surface area contributed by atoms with Crippen LogP contribution in [0.3, 0.4) is 0 Å². The molecular formula is C26H47NO2. The van der Waals surface area contributed by atoms with Crippen molar-refractivity contribution in [2.45, 2.75) is 136 Å². The van der Waals surface area contributed by atoms with Crippen LogP contribution < -0.4 is 0 Å². The van der Waals surface area contributed by atoms with Crippen molar-refractivity contribution in [1.82, 2.24) is 4.90 Å². The molecule has 1 heterocycles. The molecule has 168 valence electrons. The molecule has 3 heteroatoms. The second-order valence-electron chi connectivity index (χ2n) is 8.96. The van der Waals surface area contributed by atoms with Gasteiger partial charge in [-0.25, -0.2) is 0 Å². The van der Waals surface area contributed by atoms with E-state index in [-0.39, 0.29) is 17.7 Å². The van der Waals surface area contributed by atoms with E-state index in [4.69, 9.17) is 0 Å². The van der Waals surface area contributed by atoms with Crippen LogP contribution in [-0.4, -0.2) is 29.2 Å². The van der Waals surface area contributed by atoms with Crippen molar-refractivity contribution < 1.29 is 9.59 Å². The monoisotopic (exact) mass is 405 g/mol. The first-order valence-electron chi connectivity index (χ1n) is 12.6. The molecule has 29 heavy (non-hydrogen) atoms. The number of unbranched alkanes of at least 4 members (excludes halogenated alkanes) is 13. The maximum atomic E-state index is 12.2. The first-order valence-corrected chi connectivity index (χ1v) is 12.6. The SMILES string of the molecule is CCCCCCCCCCCCC=C(C)C(CCCCCC)N1CCC(=O)C1=O. The van der Waals surface area contributed by atoms with E-state index in [2.05, 4.69) is 26.8 Å². The summed E-state index contributed by atoms with van der Waals surface area (Å²) in [4.78, 5) is 25.8. The summed E-state index contributed by atoms with van der Waals surface area (Å²) in [5.74, 6) is -0.455. The Morgan fingerprint density at radius 3 is 1.86 bits per heavy atom. The van der Waals surface area contributed by atoms with Crippen molar-refractivity contribution in [2.24, 2.45) is 0 Å². The highest BCUT2D eigenvalue weighted by Gasteiger charge is 2.34. The number of ketones is 1. The molecule has 1 aliphatic heterocycles. The molecule has 0 bridgehead atoms. The number of amides is 1. The number of hydrogen-bond donors (Lipinski definition) is 0. The fraction of sp³-hybridized carbons (Fsp3) is 0.846. The number of allylic oxidation sites excluding steroid dienone is 1. The number of nitrogens with zero attached hydrogens (tertiary/aromatic N) is 1. The maximum absolute atomic E-state index is 12.2. The van der Waals surface area contributed by atoms with E-state index in [9.17, 15) is 9.59 Å². The molecule has 0 N–H and O–H groups in total. The largest absolute Gasteiger partial charge is 0.329 e. The van der Waals surface area contributed by atoms with Crippen LogP contribution in [0.5, 0.6) is 0 Å². The molecular weight excluding hydrogens is 358 g/mol. The number of carbonyl (C=O) groups excluding carboxylic acids is 2. The van der Waals surface area contributed by atoms with E-state index in [0.29, 0.717) is 13.0 Å². The van der Waals surface area contributed by atoms with Gasteiger partial charge in [0.15, 0.2) is 0 Å². The Morgan fingerprint density at radius 1 is 0.828 bits per heavy atom. The van der Waals surface area contributed by atoms with Crippen LogP contribution in [0, 0.1) is 0 Å². The minimum Gasteiger partial charge on any atom is -0.329 e. The molecule has 1 aliphatic rings. The van der Waals surface area contributed by atoms with Crippen molar-refractivity contribution in [3.8, 4) is 0 Å². The van der Waals surface area contributed by atoms with Gasteiger partial charge in [-0.15, -0.1) is 0 Å². The van der Waals surface area contributed by atoms with Crippen LogP contribution >= 0.6 is 0 Å². The average molecular weight is 406 g/mol. The topological polar surface area (TPSA) is 37.4 Å². The predicted molar refractivity (Wildman–Crippen MR) is 124 cm³/mol. The summed E-state index contributed by atoms with van der Waals surface area (Å²) in [6.07, 6.45) is 23.3. The van der Waals surface area contributed by atoms with E-state index in [0.717, 1.165) is 19.3 Å². The summed E-state index contributed by atoms with van der Waals surface area (Å²) in [7, 11) is 0. The van der Waals surface area contributed by atoms with E-state index >= 15 is 0 Å². The molecule has 1 atom stereocenters. The van der Waals surface area contributed by atoms with Crippen molar-refractivity contribution >= 4 is 11.7 Å². The zero-order chi connectivity index (χ0) is 21.3. The second-order valence-corrected chi connectivity index (χ2v) is 8.96. The van der Waals surface area contributed by atoms with Gasteiger partial charge in [0.25, 0.3) is 5.91 Å². The van der Waals surface area contributed by atoms with Gasteiger partial charge < -0.3 is 4.90 Å². The van der Waals surface area contributed by atoms with Gasteiger partial charge in [0.1, 0.15) is 0 Å². The Morgan fingerprint density at radius 2 is 1.34 bits per heavy atom. The summed E-state index contributed by atoms with van der Waals surface area (Å²) in [5, 5.41) is 0. The van der Waals surface area contributed by atoms with E-state index < -0.39 is 0 Å². The summed E-state index contributed by atoms with van der Waals surface area (Å²) in [6, 6.07) is 0.133. The number of likely N-dealkylation sites (tertiary alicyclic amines) is 1. The first kappa shape index (κ1) is 25.9. The summed E-state index contributed by atoms with van der Waals surface area (Å²) < 4.78 is 0. The zero-order valence-corrected chi connectivity index (χ0v) is 19.6. The molecule has 0 saturated carbocycles. The number of rotatable bonds is 18. The molecule has 0 aromatic heterocycles. The molecule has 1 saturated heterocycles. The van der Waals surface area contributed by atoms with Crippen LogP contribution in [0.4, 0.5) is 0 Å². The smallest absolute Gasteiger partial charge is 0.290 e. The standard InChI is InChI=1S/C26H47NO2/c1-4-6-8-10-11-12-13-14-15-16-17-19-23(3)24(20-18-9-7-5-2)27-22-21-25(28)26(27)29/h19,24H,4-18,20-22H2,1-3H3. The van der Waals surface area contributed by atoms with Gasteiger partial charge in [0.05, 0.1) is 6.04 Å². The Bertz CT molecular complexity index is 483. The predicted octanol–water partition coefficient (Wildman–Crippen LogP) is 7.38. The number of hydrogen-bond acceptors (Lipinski definition) is 2. The average Bonchev–Trinajstić information content (AvgIpc) is 3.04. The van der Waals surface area contributed by atoms with Gasteiger partial charge in [-0.1, -0.05) is 109 Å². The maximum Gasteiger partial charge on any atom is 0.290 e. The van der Waals surface area contributed by atoms with Gasteiger partial charge in [-0.2, -0.15) is 0 Å². The molecule has 3 nitrogen and oxygen atoms in total. The Hall–Kier alpha value is -1.12. The van der Waals surface area contributed by atoms with E-state index in [1.807, 2.05) is 4.90 Å². The third kappa shape index (κ3) is 11.0. The van der Waals surface area contributed by atoms with Crippen LogP contribution in [0.15, 0.2) is 11.6 Å². The highest BCUT2D eigenvalue weighted by Crippen LogP contribution is 2.23. The quantitative estimate of drug-likeness (QED) is 0.135. The number of Topliss-reactive ketones (excluding diaryl/α,β-unsaturated/α-hetero) is 1. The molecule has 1 amide bonds. The lowest BCUT2D eigenvalue weighted by Crippen LogP contribution is -2.38. The minimum atomic E-state index is -0.253. The highest BCUT2D eigenvalue weighted by atomic mass is 16.2. The van der Waals surface area contributed by atoms with Crippen LogP contribution in [0.2, 0.25) is 0 Å². The molecule has 0 spiro atoms. The lowest BCUT2D eigenvalue weighted by Gasteiger charge is -2.28. The third-order valence-electron chi connectivity index (χ3n) is 6.34. The van der Waals surface area contributed by atoms with E-state index in [1.165, 1.54) is 89.0 Å². The number of carbonyl (C=O) groups is 2. The third-order valence-corrected chi connectivity index (χ3v) is 6.34. The molecule has 1 fully saturated rings. The van der Waals surface area contributed by atoms with E-state index in [1.54, 1.807) is 0 Å². The normalized spacial score (nSPS) is 16.1. The minimum absolute atomic E-state index is 0.133. The van der Waals surface area contributed by atoms with Gasteiger partial charge >= 0.3 is 0 Å². The molecule has 1 unspecified atom stereocenters. The van der Waals surface area contributed by atoms with Crippen molar-refractivity contribution in [3.63, 3.8) is 0 Å². The second kappa shape index (κ2) is 16.7. The lowest BCUT2D eigenvalue weighted by atomic mass is 9.98. The molecule has 0 aromatic rings. The van der Waals surface area contributed by atoms with Crippen molar-refractivity contribution in [1.29, 1.82) is 0 Å². The summed E-state index contributed by atoms with van der Waals surface area (Å²) >= 11 is 0. The fourth-order valence-corrected chi connectivity index (χ4v) is 4.38. The van der Waals surface area contributed by atoms with Gasteiger partial charge in [0, 0.05) is 13.0 Å². The molecule has 0 aromatic carbocycles. The molecule has 0 aliphatic carbocycles. The van der Waals surface area contributed by atoms with Crippen LogP contribution in [0.25, 0.3) is 0 Å². The lowest BCUT2D eigenvalue weighted by molar-refractivity contribution is -0.140. The first-order chi connectivity index (χ1) is 14.1. The molecule has 0 radical (unpaired) electrons. The van der Waals surface area contributed by atoms with Gasteiger partial charge in [-0.3, -0.25) is 9.59 Å². The highest BCUT2D eigenvalue weighted by molar-refractivity contribution is 6.38. The summed E-state index contributed by atoms with van der Waals surface area (Å²) in [6.45, 7) is 7.27. The van der Waals surface area contributed by atoms with Crippen molar-refractivity contribution in [3.05, 3.63) is 11.6 Å². The fourth-order valence-electron chi connectivity index (χ4n) is 4.38. The van der Waals surface area contributed by atoms with Crippen LogP contribution in [0.1, 0.15) is 130 Å². The molecule has 1 rings (SSSR count). The van der Waals surface area contributed by atoms with Gasteiger partial charge in [-0.05, 0) is 26.2 Å².